The molecule has 1 fully saturated rings. The zero-order chi connectivity index (χ0) is 13.1. The van der Waals surface area contributed by atoms with Gasteiger partial charge in [0, 0.05) is 12.1 Å². The Bertz CT molecular complexity index is 459. The van der Waals surface area contributed by atoms with Gasteiger partial charge in [0.1, 0.15) is 0 Å². The van der Waals surface area contributed by atoms with E-state index in [0.717, 1.165) is 25.7 Å². The maximum absolute atomic E-state index is 11.0. The van der Waals surface area contributed by atoms with Crippen molar-refractivity contribution in [3.8, 4) is 5.75 Å². The standard InChI is InChI=1S/C12H13Cl2NO3/c13-9-6-11(15(16)17)12(7-10(9)14)18-8-4-2-1-3-5-8/h6-8H,1-5H2. The number of nitro groups is 1. The van der Waals surface area contributed by atoms with E-state index in [9.17, 15) is 10.1 Å². The SMILES string of the molecule is O=[N+]([O-])c1cc(Cl)c(Cl)cc1OC1CCCCC1. The van der Waals surface area contributed by atoms with Crippen molar-refractivity contribution in [1.29, 1.82) is 0 Å². The third-order valence-corrected chi connectivity index (χ3v) is 3.77. The Morgan fingerprint density at radius 1 is 1.17 bits per heavy atom. The van der Waals surface area contributed by atoms with Gasteiger partial charge in [0.2, 0.25) is 0 Å². The van der Waals surface area contributed by atoms with Crippen molar-refractivity contribution in [2.75, 3.05) is 0 Å². The molecule has 2 rings (SSSR count). The fourth-order valence-corrected chi connectivity index (χ4v) is 2.43. The monoisotopic (exact) mass is 289 g/mol. The van der Waals surface area contributed by atoms with Gasteiger partial charge in [0.15, 0.2) is 5.75 Å². The Balaban J connectivity index is 2.24. The molecule has 0 bridgehead atoms. The lowest BCUT2D eigenvalue weighted by Crippen LogP contribution is -2.20. The van der Waals surface area contributed by atoms with Gasteiger partial charge in [-0.05, 0) is 25.7 Å². The van der Waals surface area contributed by atoms with E-state index in [1.165, 1.54) is 18.6 Å². The lowest BCUT2D eigenvalue weighted by atomic mass is 9.98. The van der Waals surface area contributed by atoms with E-state index in [1.807, 2.05) is 0 Å². The van der Waals surface area contributed by atoms with Gasteiger partial charge in [0.05, 0.1) is 21.1 Å². The molecule has 0 atom stereocenters. The predicted molar refractivity (Wildman–Crippen MR) is 70.6 cm³/mol. The third kappa shape index (κ3) is 3.06. The normalized spacial score (nSPS) is 16.6. The number of rotatable bonds is 3. The Labute approximate surface area is 115 Å². The lowest BCUT2D eigenvalue weighted by Gasteiger charge is -2.22. The molecule has 0 heterocycles. The summed E-state index contributed by atoms with van der Waals surface area (Å²) < 4.78 is 5.70. The van der Waals surface area contributed by atoms with Crippen LogP contribution < -0.4 is 4.74 Å². The van der Waals surface area contributed by atoms with Crippen LogP contribution in [0.4, 0.5) is 5.69 Å². The van der Waals surface area contributed by atoms with E-state index in [4.69, 9.17) is 27.9 Å². The summed E-state index contributed by atoms with van der Waals surface area (Å²) in [4.78, 5) is 10.5. The molecule has 0 N–H and O–H groups in total. The molecule has 18 heavy (non-hydrogen) atoms. The van der Waals surface area contributed by atoms with Crippen molar-refractivity contribution in [2.24, 2.45) is 0 Å². The Morgan fingerprint density at radius 3 is 2.39 bits per heavy atom. The van der Waals surface area contributed by atoms with E-state index >= 15 is 0 Å². The van der Waals surface area contributed by atoms with Gasteiger partial charge >= 0.3 is 5.69 Å². The molecule has 4 nitrogen and oxygen atoms in total. The minimum atomic E-state index is -0.500. The number of halogens is 2. The number of nitrogens with zero attached hydrogens (tertiary/aromatic N) is 1. The van der Waals surface area contributed by atoms with E-state index in [0.29, 0.717) is 0 Å². The molecule has 0 saturated heterocycles. The molecule has 1 aromatic rings. The van der Waals surface area contributed by atoms with Crippen LogP contribution in [0.2, 0.25) is 10.0 Å². The number of hydrogen-bond acceptors (Lipinski definition) is 3. The summed E-state index contributed by atoms with van der Waals surface area (Å²) in [5.74, 6) is 0.210. The first-order chi connectivity index (χ1) is 8.58. The zero-order valence-corrected chi connectivity index (χ0v) is 11.2. The van der Waals surface area contributed by atoms with Gasteiger partial charge in [0.25, 0.3) is 0 Å². The van der Waals surface area contributed by atoms with E-state index in [2.05, 4.69) is 0 Å². The molecule has 1 aromatic carbocycles. The average Bonchev–Trinajstić information content (AvgIpc) is 2.34. The Morgan fingerprint density at radius 2 is 1.78 bits per heavy atom. The predicted octanol–water partition coefficient (Wildman–Crippen LogP) is 4.61. The average molecular weight is 290 g/mol. The Hall–Kier alpha value is -1.00. The van der Waals surface area contributed by atoms with Crippen molar-refractivity contribution in [3.63, 3.8) is 0 Å². The molecule has 1 saturated carbocycles. The second-order valence-electron chi connectivity index (χ2n) is 4.37. The highest BCUT2D eigenvalue weighted by molar-refractivity contribution is 6.42. The summed E-state index contributed by atoms with van der Waals surface area (Å²) in [5.41, 5.74) is -0.130. The van der Waals surface area contributed by atoms with Crippen molar-refractivity contribution >= 4 is 28.9 Å². The quantitative estimate of drug-likeness (QED) is 0.603. The minimum Gasteiger partial charge on any atom is -0.483 e. The molecule has 6 heteroatoms. The summed E-state index contributed by atoms with van der Waals surface area (Å²) in [5, 5.41) is 11.4. The lowest BCUT2D eigenvalue weighted by molar-refractivity contribution is -0.386. The van der Waals surface area contributed by atoms with Crippen LogP contribution in [0, 0.1) is 10.1 Å². The maximum Gasteiger partial charge on any atom is 0.312 e. The molecular weight excluding hydrogens is 277 g/mol. The molecule has 0 unspecified atom stereocenters. The fourth-order valence-electron chi connectivity index (χ4n) is 2.12. The highest BCUT2D eigenvalue weighted by Crippen LogP contribution is 2.37. The number of hydrogen-bond donors (Lipinski definition) is 0. The first kappa shape index (κ1) is 13.4. The van der Waals surface area contributed by atoms with Gasteiger partial charge in [-0.3, -0.25) is 10.1 Å². The van der Waals surface area contributed by atoms with Crippen LogP contribution in [0.5, 0.6) is 5.75 Å². The van der Waals surface area contributed by atoms with Crippen molar-refractivity contribution < 1.29 is 9.66 Å². The summed E-state index contributed by atoms with van der Waals surface area (Å²) in [6, 6.07) is 2.67. The molecule has 98 valence electrons. The minimum absolute atomic E-state index is 0.0368. The van der Waals surface area contributed by atoms with Crippen molar-refractivity contribution in [2.45, 2.75) is 38.2 Å². The molecule has 0 amide bonds. The van der Waals surface area contributed by atoms with E-state index < -0.39 is 4.92 Å². The fraction of sp³-hybridized carbons (Fsp3) is 0.500. The van der Waals surface area contributed by atoms with Crippen LogP contribution in [0.3, 0.4) is 0 Å². The second-order valence-corrected chi connectivity index (χ2v) is 5.18. The number of benzene rings is 1. The first-order valence-electron chi connectivity index (χ1n) is 5.88. The summed E-state index contributed by atoms with van der Waals surface area (Å²) in [7, 11) is 0. The van der Waals surface area contributed by atoms with Crippen LogP contribution in [0.15, 0.2) is 12.1 Å². The molecule has 0 radical (unpaired) electrons. The topological polar surface area (TPSA) is 52.4 Å². The van der Waals surface area contributed by atoms with Crippen molar-refractivity contribution in [3.05, 3.63) is 32.3 Å². The van der Waals surface area contributed by atoms with Crippen molar-refractivity contribution in [1.82, 2.24) is 0 Å². The zero-order valence-electron chi connectivity index (χ0n) is 9.70. The summed E-state index contributed by atoms with van der Waals surface area (Å²) >= 11 is 11.7. The maximum atomic E-state index is 11.0. The third-order valence-electron chi connectivity index (χ3n) is 3.04. The number of nitro benzene ring substituents is 1. The largest absolute Gasteiger partial charge is 0.483 e. The van der Waals surface area contributed by atoms with E-state index in [-0.39, 0.29) is 27.6 Å². The molecule has 0 aliphatic heterocycles. The molecule has 1 aliphatic carbocycles. The highest BCUT2D eigenvalue weighted by atomic mass is 35.5. The smallest absolute Gasteiger partial charge is 0.312 e. The van der Waals surface area contributed by atoms with Crippen LogP contribution in [-0.2, 0) is 0 Å². The molecule has 1 aliphatic rings. The van der Waals surface area contributed by atoms with Gasteiger partial charge in [-0.1, -0.05) is 29.6 Å². The highest BCUT2D eigenvalue weighted by Gasteiger charge is 2.22. The summed E-state index contributed by atoms with van der Waals surface area (Å²) in [6.07, 6.45) is 5.28. The number of ether oxygens (including phenoxy) is 1. The van der Waals surface area contributed by atoms with Gasteiger partial charge in [-0.2, -0.15) is 0 Å². The molecular formula is C12H13Cl2NO3. The van der Waals surface area contributed by atoms with E-state index in [1.54, 1.807) is 0 Å². The Kier molecular flexibility index (Phi) is 4.30. The summed E-state index contributed by atoms with van der Waals surface area (Å²) in [6.45, 7) is 0. The van der Waals surface area contributed by atoms with Gasteiger partial charge < -0.3 is 4.74 Å². The van der Waals surface area contributed by atoms with Gasteiger partial charge in [-0.15, -0.1) is 0 Å². The van der Waals surface area contributed by atoms with Crippen LogP contribution in [0.1, 0.15) is 32.1 Å². The second kappa shape index (κ2) is 5.76. The first-order valence-corrected chi connectivity index (χ1v) is 6.63. The molecule has 0 aromatic heterocycles. The van der Waals surface area contributed by atoms with Crippen LogP contribution >= 0.6 is 23.2 Å². The van der Waals surface area contributed by atoms with Gasteiger partial charge in [-0.25, -0.2) is 0 Å². The van der Waals surface area contributed by atoms with Crippen LogP contribution in [0.25, 0.3) is 0 Å². The van der Waals surface area contributed by atoms with Crippen LogP contribution in [-0.4, -0.2) is 11.0 Å². The molecule has 0 spiro atoms.